The molecule has 19 heavy (non-hydrogen) atoms. The van der Waals surface area contributed by atoms with Gasteiger partial charge in [-0.05, 0) is 17.7 Å². The summed E-state index contributed by atoms with van der Waals surface area (Å²) < 4.78 is 1.97. The van der Waals surface area contributed by atoms with Gasteiger partial charge in [-0.3, -0.25) is 0 Å². The molecular weight excluding hydrogens is 260 g/mol. The average molecular weight is 273 g/mol. The third-order valence-electron chi connectivity index (χ3n) is 3.06. The van der Waals surface area contributed by atoms with Crippen LogP contribution in [0.15, 0.2) is 42.9 Å². The van der Waals surface area contributed by atoms with Crippen molar-refractivity contribution in [1.29, 1.82) is 0 Å². The molecule has 0 saturated heterocycles. The first kappa shape index (κ1) is 12.0. The molecule has 0 aliphatic rings. The van der Waals surface area contributed by atoms with Crippen LogP contribution < -0.4 is 5.32 Å². The van der Waals surface area contributed by atoms with Crippen LogP contribution in [0.1, 0.15) is 5.56 Å². The normalized spacial score (nSPS) is 10.8. The van der Waals surface area contributed by atoms with E-state index in [2.05, 4.69) is 15.3 Å². The fraction of sp³-hybridized carbons (Fsp3) is 0.143. The molecule has 0 atom stereocenters. The summed E-state index contributed by atoms with van der Waals surface area (Å²) in [7, 11) is 1.96. The number of nitrogens with zero attached hydrogens (tertiary/aromatic N) is 3. The van der Waals surface area contributed by atoms with Crippen LogP contribution in [-0.2, 0) is 12.9 Å². The smallest absolute Gasteiger partial charge is 0.158 e. The van der Waals surface area contributed by atoms with Crippen molar-refractivity contribution in [3.8, 4) is 0 Å². The van der Waals surface area contributed by atoms with Crippen molar-refractivity contribution >= 4 is 34.1 Å². The maximum absolute atomic E-state index is 5.94. The highest BCUT2D eigenvalue weighted by molar-refractivity contribution is 6.17. The second-order valence-corrected chi connectivity index (χ2v) is 4.57. The van der Waals surface area contributed by atoms with Gasteiger partial charge < -0.3 is 9.88 Å². The standard InChI is InChI=1S/C14H13ClN4/c1-19-9-17-13-12(19)6-7-16-14(13)18-11-5-3-2-4-10(11)8-15/h2-7,9H,8H2,1H3,(H,16,18). The van der Waals surface area contributed by atoms with Crippen molar-refractivity contribution in [2.75, 3.05) is 5.32 Å². The molecule has 0 amide bonds. The summed E-state index contributed by atoms with van der Waals surface area (Å²) in [6.07, 6.45) is 3.56. The fourth-order valence-electron chi connectivity index (χ4n) is 2.04. The number of imidazole rings is 1. The molecule has 0 unspecified atom stereocenters. The number of nitrogens with one attached hydrogen (secondary N) is 1. The number of hydrogen-bond donors (Lipinski definition) is 1. The lowest BCUT2D eigenvalue weighted by Gasteiger charge is -2.09. The Morgan fingerprint density at radius 1 is 1.21 bits per heavy atom. The summed E-state index contributed by atoms with van der Waals surface area (Å²) in [6.45, 7) is 0. The summed E-state index contributed by atoms with van der Waals surface area (Å²) in [5.41, 5.74) is 3.90. The third-order valence-corrected chi connectivity index (χ3v) is 3.35. The molecule has 1 N–H and O–H groups in total. The lowest BCUT2D eigenvalue weighted by atomic mass is 10.2. The first-order valence-corrected chi connectivity index (χ1v) is 6.50. The van der Waals surface area contributed by atoms with Gasteiger partial charge in [0, 0.05) is 24.8 Å². The van der Waals surface area contributed by atoms with E-state index >= 15 is 0 Å². The quantitative estimate of drug-likeness (QED) is 0.743. The Morgan fingerprint density at radius 2 is 2.05 bits per heavy atom. The Labute approximate surface area is 116 Å². The van der Waals surface area contributed by atoms with Crippen LogP contribution in [0, 0.1) is 0 Å². The lowest BCUT2D eigenvalue weighted by Crippen LogP contribution is -1.97. The number of benzene rings is 1. The van der Waals surface area contributed by atoms with E-state index in [4.69, 9.17) is 11.6 Å². The van der Waals surface area contributed by atoms with E-state index < -0.39 is 0 Å². The number of rotatable bonds is 3. The summed E-state index contributed by atoms with van der Waals surface area (Å²) >= 11 is 5.94. The Morgan fingerprint density at radius 3 is 2.89 bits per heavy atom. The minimum Gasteiger partial charge on any atom is -0.338 e. The minimum absolute atomic E-state index is 0.460. The maximum Gasteiger partial charge on any atom is 0.158 e. The number of aryl methyl sites for hydroxylation is 1. The molecular formula is C14H13ClN4. The first-order chi connectivity index (χ1) is 9.29. The molecule has 4 nitrogen and oxygen atoms in total. The van der Waals surface area contributed by atoms with Crippen molar-refractivity contribution in [2.45, 2.75) is 5.88 Å². The largest absolute Gasteiger partial charge is 0.338 e. The minimum atomic E-state index is 0.460. The van der Waals surface area contributed by atoms with Gasteiger partial charge in [-0.2, -0.15) is 0 Å². The van der Waals surface area contributed by atoms with Gasteiger partial charge in [0.2, 0.25) is 0 Å². The van der Waals surface area contributed by atoms with Gasteiger partial charge in [-0.15, -0.1) is 11.6 Å². The zero-order chi connectivity index (χ0) is 13.2. The Kier molecular flexibility index (Phi) is 3.09. The Hall–Kier alpha value is -2.07. The molecule has 0 radical (unpaired) electrons. The van der Waals surface area contributed by atoms with Gasteiger partial charge in [0.1, 0.15) is 5.52 Å². The third kappa shape index (κ3) is 2.15. The fourth-order valence-corrected chi connectivity index (χ4v) is 2.27. The van der Waals surface area contributed by atoms with Crippen molar-refractivity contribution in [1.82, 2.24) is 14.5 Å². The van der Waals surface area contributed by atoms with E-state index in [0.717, 1.165) is 28.1 Å². The number of fused-ring (bicyclic) bond motifs is 1. The second-order valence-electron chi connectivity index (χ2n) is 4.30. The topological polar surface area (TPSA) is 42.7 Å². The highest BCUT2D eigenvalue weighted by Gasteiger charge is 2.08. The number of para-hydroxylation sites is 1. The van der Waals surface area contributed by atoms with Crippen LogP contribution >= 0.6 is 11.6 Å². The molecule has 0 saturated carbocycles. The highest BCUT2D eigenvalue weighted by atomic mass is 35.5. The van der Waals surface area contributed by atoms with E-state index in [1.165, 1.54) is 0 Å². The summed E-state index contributed by atoms with van der Waals surface area (Å²) in [4.78, 5) is 8.74. The number of halogens is 1. The molecule has 5 heteroatoms. The predicted octanol–water partition coefficient (Wildman–Crippen LogP) is 3.45. The number of aromatic nitrogens is 3. The monoisotopic (exact) mass is 272 g/mol. The second kappa shape index (κ2) is 4.90. The molecule has 0 fully saturated rings. The first-order valence-electron chi connectivity index (χ1n) is 5.96. The average Bonchev–Trinajstić information content (AvgIpc) is 2.82. The number of hydrogen-bond acceptors (Lipinski definition) is 3. The molecule has 1 aromatic carbocycles. The Balaban J connectivity index is 2.06. The number of anilines is 2. The Bertz CT molecular complexity index is 720. The van der Waals surface area contributed by atoms with Crippen molar-refractivity contribution < 1.29 is 0 Å². The zero-order valence-electron chi connectivity index (χ0n) is 10.5. The molecule has 96 valence electrons. The molecule has 2 heterocycles. The molecule has 0 aliphatic carbocycles. The summed E-state index contributed by atoms with van der Waals surface area (Å²) in [6, 6.07) is 9.87. The molecule has 3 rings (SSSR count). The SMILES string of the molecule is Cn1cnc2c(Nc3ccccc3CCl)nccc21. The van der Waals surface area contributed by atoms with Crippen LogP contribution in [0.2, 0.25) is 0 Å². The van der Waals surface area contributed by atoms with E-state index in [0.29, 0.717) is 5.88 Å². The van der Waals surface area contributed by atoms with Crippen LogP contribution in [-0.4, -0.2) is 14.5 Å². The van der Waals surface area contributed by atoms with E-state index in [1.54, 1.807) is 12.5 Å². The number of alkyl halides is 1. The highest BCUT2D eigenvalue weighted by Crippen LogP contribution is 2.25. The van der Waals surface area contributed by atoms with Crippen LogP contribution in [0.25, 0.3) is 11.0 Å². The van der Waals surface area contributed by atoms with Crippen molar-refractivity contribution in [3.63, 3.8) is 0 Å². The van der Waals surface area contributed by atoms with Gasteiger partial charge in [0.25, 0.3) is 0 Å². The van der Waals surface area contributed by atoms with Gasteiger partial charge in [-0.1, -0.05) is 18.2 Å². The van der Waals surface area contributed by atoms with E-state index in [-0.39, 0.29) is 0 Å². The molecule has 0 spiro atoms. The lowest BCUT2D eigenvalue weighted by molar-refractivity contribution is 0.947. The predicted molar refractivity (Wildman–Crippen MR) is 77.8 cm³/mol. The maximum atomic E-state index is 5.94. The van der Waals surface area contributed by atoms with Crippen LogP contribution in [0.5, 0.6) is 0 Å². The van der Waals surface area contributed by atoms with Gasteiger partial charge in [0.05, 0.1) is 11.8 Å². The summed E-state index contributed by atoms with van der Waals surface area (Å²) in [5.74, 6) is 1.21. The number of pyridine rings is 1. The van der Waals surface area contributed by atoms with Crippen molar-refractivity contribution in [3.05, 3.63) is 48.4 Å². The molecule has 0 aliphatic heterocycles. The molecule has 0 bridgehead atoms. The summed E-state index contributed by atoms with van der Waals surface area (Å²) in [5, 5.41) is 3.31. The zero-order valence-corrected chi connectivity index (χ0v) is 11.2. The van der Waals surface area contributed by atoms with Crippen LogP contribution in [0.4, 0.5) is 11.5 Å². The molecule has 2 aromatic heterocycles. The van der Waals surface area contributed by atoms with Crippen LogP contribution in [0.3, 0.4) is 0 Å². The molecule has 3 aromatic rings. The van der Waals surface area contributed by atoms with E-state index in [1.807, 2.05) is 41.9 Å². The van der Waals surface area contributed by atoms with Gasteiger partial charge >= 0.3 is 0 Å². The van der Waals surface area contributed by atoms with Crippen molar-refractivity contribution in [2.24, 2.45) is 7.05 Å². The van der Waals surface area contributed by atoms with Gasteiger partial charge in [-0.25, -0.2) is 9.97 Å². The van der Waals surface area contributed by atoms with Gasteiger partial charge in [0.15, 0.2) is 5.82 Å². The van der Waals surface area contributed by atoms with E-state index in [9.17, 15) is 0 Å².